The molecule has 3 aromatic carbocycles. The topological polar surface area (TPSA) is 69.0 Å². The van der Waals surface area contributed by atoms with E-state index < -0.39 is 5.60 Å². The molecule has 7 heteroatoms. The van der Waals surface area contributed by atoms with Crippen molar-refractivity contribution in [3.63, 3.8) is 0 Å². The molecule has 1 saturated heterocycles. The first kappa shape index (κ1) is 30.9. The number of nitriles is 1. The zero-order valence-corrected chi connectivity index (χ0v) is 25.8. The lowest BCUT2D eigenvalue weighted by Crippen LogP contribution is -2.50. The van der Waals surface area contributed by atoms with Crippen molar-refractivity contribution in [2.45, 2.75) is 57.3 Å². The molecule has 1 atom stereocenters. The van der Waals surface area contributed by atoms with Gasteiger partial charge in [0, 0.05) is 38.6 Å². The number of rotatable bonds is 9. The number of anilines is 1. The summed E-state index contributed by atoms with van der Waals surface area (Å²) in [7, 11) is 6.09. The first-order valence-corrected chi connectivity index (χ1v) is 14.7. The van der Waals surface area contributed by atoms with E-state index in [0.29, 0.717) is 18.5 Å². The minimum Gasteiger partial charge on any atom is -0.483 e. The molecule has 3 aromatic rings. The largest absolute Gasteiger partial charge is 0.483 e. The van der Waals surface area contributed by atoms with Gasteiger partial charge in [0.1, 0.15) is 17.5 Å². The van der Waals surface area contributed by atoms with E-state index in [0.717, 1.165) is 42.9 Å². The number of piperidine rings is 1. The Balaban J connectivity index is 1.55. The van der Waals surface area contributed by atoms with E-state index in [1.807, 2.05) is 51.1 Å². The van der Waals surface area contributed by atoms with E-state index in [4.69, 9.17) is 9.47 Å². The van der Waals surface area contributed by atoms with Crippen LogP contribution in [0.25, 0.3) is 0 Å². The molecule has 1 heterocycles. The van der Waals surface area contributed by atoms with Crippen molar-refractivity contribution in [1.29, 1.82) is 5.26 Å². The van der Waals surface area contributed by atoms with Gasteiger partial charge in [-0.25, -0.2) is 4.79 Å². The number of amides is 1. The number of carbonyl (C=O) groups excluding carboxylic acids is 1. The Kier molecular flexibility index (Phi) is 9.80. The van der Waals surface area contributed by atoms with E-state index in [-0.39, 0.29) is 17.7 Å². The van der Waals surface area contributed by atoms with Gasteiger partial charge in [-0.2, -0.15) is 5.26 Å². The smallest absolute Gasteiger partial charge is 0.410 e. The molecule has 1 fully saturated rings. The predicted octanol–water partition coefficient (Wildman–Crippen LogP) is 6.99. The number of nitrogens with zero attached hydrogens (tertiary/aromatic N) is 4. The van der Waals surface area contributed by atoms with Gasteiger partial charge in [-0.15, -0.1) is 0 Å². The average Bonchev–Trinajstić information content (AvgIpc) is 2.99. The Bertz CT molecular complexity index is 1370. The summed E-state index contributed by atoms with van der Waals surface area (Å²) in [6, 6.07) is 28.7. The average molecular weight is 569 g/mol. The van der Waals surface area contributed by atoms with E-state index >= 15 is 0 Å². The third-order valence-electron chi connectivity index (χ3n) is 8.05. The summed E-state index contributed by atoms with van der Waals surface area (Å²) in [5.74, 6) is 0.793. The van der Waals surface area contributed by atoms with Crippen molar-refractivity contribution >= 4 is 11.8 Å². The molecule has 1 unspecified atom stereocenters. The summed E-state index contributed by atoms with van der Waals surface area (Å²) in [6.07, 6.45) is 1.79. The van der Waals surface area contributed by atoms with Gasteiger partial charge in [0.2, 0.25) is 0 Å². The second-order valence-corrected chi connectivity index (χ2v) is 12.3. The maximum Gasteiger partial charge on any atom is 0.410 e. The van der Waals surface area contributed by atoms with Crippen LogP contribution in [0.3, 0.4) is 0 Å². The van der Waals surface area contributed by atoms with Crippen LogP contribution in [0, 0.1) is 11.3 Å². The molecule has 0 saturated carbocycles. The molecular formula is C35H44N4O3. The van der Waals surface area contributed by atoms with Crippen LogP contribution in [0.1, 0.15) is 62.8 Å². The Morgan fingerprint density at radius 2 is 1.64 bits per heavy atom. The molecule has 1 aliphatic rings. The van der Waals surface area contributed by atoms with Gasteiger partial charge in [0.05, 0.1) is 17.3 Å². The van der Waals surface area contributed by atoms with Gasteiger partial charge >= 0.3 is 6.09 Å². The lowest BCUT2D eigenvalue weighted by Gasteiger charge is -2.47. The fraction of sp³-hybridized carbons (Fsp3) is 0.429. The van der Waals surface area contributed by atoms with Gasteiger partial charge in [0.25, 0.3) is 0 Å². The van der Waals surface area contributed by atoms with Gasteiger partial charge in [-0.3, -0.25) is 4.90 Å². The van der Waals surface area contributed by atoms with Gasteiger partial charge < -0.3 is 19.3 Å². The molecule has 0 aromatic heterocycles. The highest BCUT2D eigenvalue weighted by atomic mass is 16.6. The number of hydrogen-bond acceptors (Lipinski definition) is 6. The molecule has 0 radical (unpaired) electrons. The summed E-state index contributed by atoms with van der Waals surface area (Å²) < 4.78 is 12.3. The van der Waals surface area contributed by atoms with E-state index in [2.05, 4.69) is 72.4 Å². The third-order valence-corrected chi connectivity index (χ3v) is 8.05. The Morgan fingerprint density at radius 1 is 0.976 bits per heavy atom. The number of carbonyl (C=O) groups is 1. The van der Waals surface area contributed by atoms with E-state index in [9.17, 15) is 10.1 Å². The normalized spacial score (nSPS) is 15.5. The molecule has 42 heavy (non-hydrogen) atoms. The minimum absolute atomic E-state index is 0.0138. The predicted molar refractivity (Wildman–Crippen MR) is 168 cm³/mol. The molecule has 0 bridgehead atoms. The Labute approximate surface area is 251 Å². The van der Waals surface area contributed by atoms with Crippen LogP contribution in [0.15, 0.2) is 78.9 Å². The first-order valence-electron chi connectivity index (χ1n) is 14.7. The molecule has 7 nitrogen and oxygen atoms in total. The van der Waals surface area contributed by atoms with Crippen LogP contribution in [0.4, 0.5) is 10.5 Å². The van der Waals surface area contributed by atoms with Crippen molar-refractivity contribution in [2.75, 3.05) is 45.7 Å². The summed E-state index contributed by atoms with van der Waals surface area (Å²) in [5, 5.41) is 9.54. The van der Waals surface area contributed by atoms with Crippen molar-refractivity contribution < 1.29 is 14.3 Å². The summed E-state index contributed by atoms with van der Waals surface area (Å²) >= 11 is 0. The molecule has 1 amide bonds. The SMILES string of the molecule is CN(CCC(Oc1ccccc1N1CCC(c2ccccc2)(N(C)C)CC1)c1cccc(C#N)c1)C(=O)OC(C)(C)C. The van der Waals surface area contributed by atoms with Gasteiger partial charge in [-0.05, 0) is 83.1 Å². The standard InChI is InChI=1S/C35H44N4O3/c1-34(2,3)42-33(40)38(6)22-19-31(28-14-12-13-27(25-28)26-36)41-32-18-11-10-17-30(32)39-23-20-35(21-24-39,37(4)5)29-15-8-7-9-16-29/h7-18,25,31H,19-24H2,1-6H3. The van der Waals surface area contributed by atoms with Crippen LogP contribution in [-0.4, -0.2) is 62.3 Å². The second kappa shape index (κ2) is 13.3. The minimum atomic E-state index is -0.569. The Hall–Kier alpha value is -4.02. The molecule has 4 rings (SSSR count). The van der Waals surface area contributed by atoms with Crippen molar-refractivity contribution in [3.8, 4) is 11.8 Å². The molecule has 0 spiro atoms. The summed E-state index contributed by atoms with van der Waals surface area (Å²) in [5.41, 5.74) is 3.30. The second-order valence-electron chi connectivity index (χ2n) is 12.3. The zero-order chi connectivity index (χ0) is 30.3. The quantitative estimate of drug-likeness (QED) is 0.277. The maximum absolute atomic E-state index is 12.6. The van der Waals surface area contributed by atoms with Crippen LogP contribution in [0.2, 0.25) is 0 Å². The van der Waals surface area contributed by atoms with Gasteiger partial charge in [0.15, 0.2) is 0 Å². The number of benzene rings is 3. The van der Waals surface area contributed by atoms with Crippen LogP contribution in [0.5, 0.6) is 5.75 Å². The van der Waals surface area contributed by atoms with Crippen molar-refractivity contribution in [1.82, 2.24) is 9.80 Å². The zero-order valence-electron chi connectivity index (χ0n) is 25.8. The number of ether oxygens (including phenoxy) is 2. The molecule has 222 valence electrons. The highest BCUT2D eigenvalue weighted by Crippen LogP contribution is 2.41. The summed E-state index contributed by atoms with van der Waals surface area (Å²) in [6.45, 7) is 7.80. The highest BCUT2D eigenvalue weighted by molar-refractivity contribution is 5.67. The Morgan fingerprint density at radius 3 is 2.29 bits per heavy atom. The lowest BCUT2D eigenvalue weighted by atomic mass is 9.79. The summed E-state index contributed by atoms with van der Waals surface area (Å²) in [4.78, 5) is 19.0. The van der Waals surface area contributed by atoms with Gasteiger partial charge in [-0.1, -0.05) is 54.6 Å². The lowest BCUT2D eigenvalue weighted by molar-refractivity contribution is 0.0278. The molecule has 1 aliphatic heterocycles. The third kappa shape index (κ3) is 7.43. The van der Waals surface area contributed by atoms with Crippen LogP contribution in [-0.2, 0) is 10.3 Å². The fourth-order valence-corrected chi connectivity index (χ4v) is 5.68. The number of para-hydroxylation sites is 2. The maximum atomic E-state index is 12.6. The molecule has 0 N–H and O–H groups in total. The first-order chi connectivity index (χ1) is 20.0. The van der Waals surface area contributed by atoms with Crippen LogP contribution >= 0.6 is 0 Å². The monoisotopic (exact) mass is 568 g/mol. The van der Waals surface area contributed by atoms with Crippen LogP contribution < -0.4 is 9.64 Å². The molecular weight excluding hydrogens is 524 g/mol. The fourth-order valence-electron chi connectivity index (χ4n) is 5.68. The van der Waals surface area contributed by atoms with Crippen molar-refractivity contribution in [3.05, 3.63) is 95.6 Å². The van der Waals surface area contributed by atoms with Crippen molar-refractivity contribution in [2.24, 2.45) is 0 Å². The highest BCUT2D eigenvalue weighted by Gasteiger charge is 2.38. The number of hydrogen-bond donors (Lipinski definition) is 0. The van der Waals surface area contributed by atoms with E-state index in [1.165, 1.54) is 5.56 Å². The van der Waals surface area contributed by atoms with E-state index in [1.54, 1.807) is 18.0 Å². The molecule has 0 aliphatic carbocycles.